The molecule has 4 rings (SSSR count). The van der Waals surface area contributed by atoms with Crippen molar-refractivity contribution in [1.29, 1.82) is 0 Å². The molecule has 0 saturated carbocycles. The summed E-state index contributed by atoms with van der Waals surface area (Å²) >= 11 is 0. The Bertz CT molecular complexity index is 1150. The van der Waals surface area contributed by atoms with E-state index in [1.54, 1.807) is 20.0 Å². The normalized spacial score (nSPS) is 11.8. The highest BCUT2D eigenvalue weighted by atomic mass is 16.4. The van der Waals surface area contributed by atoms with Crippen molar-refractivity contribution < 1.29 is 9.90 Å². The van der Waals surface area contributed by atoms with Crippen LogP contribution in [0.2, 0.25) is 0 Å². The molecule has 3 heterocycles. The van der Waals surface area contributed by atoms with E-state index in [4.69, 9.17) is 0 Å². The van der Waals surface area contributed by atoms with Gasteiger partial charge >= 0.3 is 5.97 Å². The van der Waals surface area contributed by atoms with E-state index in [1.807, 2.05) is 36.5 Å². The summed E-state index contributed by atoms with van der Waals surface area (Å²) in [5.74, 6) is -0.241. The number of pyridine rings is 1. The fourth-order valence-corrected chi connectivity index (χ4v) is 2.94. The van der Waals surface area contributed by atoms with Crippen LogP contribution in [0.25, 0.3) is 33.1 Å². The van der Waals surface area contributed by atoms with Gasteiger partial charge in [-0.2, -0.15) is 0 Å². The zero-order chi connectivity index (χ0) is 19.0. The highest BCUT2D eigenvalue weighted by Gasteiger charge is 2.27. The van der Waals surface area contributed by atoms with Crippen molar-refractivity contribution in [3.8, 4) is 11.1 Å². The van der Waals surface area contributed by atoms with Gasteiger partial charge in [-0.25, -0.2) is 15.0 Å². The van der Waals surface area contributed by atoms with Crippen LogP contribution < -0.4 is 5.32 Å². The number of aromatic amines is 1. The van der Waals surface area contributed by atoms with Crippen LogP contribution in [0, 0.1) is 5.41 Å². The van der Waals surface area contributed by atoms with E-state index in [9.17, 15) is 9.90 Å². The van der Waals surface area contributed by atoms with Gasteiger partial charge in [0.2, 0.25) is 0 Å². The Labute approximate surface area is 155 Å². The minimum absolute atomic E-state index is 0.260. The summed E-state index contributed by atoms with van der Waals surface area (Å²) < 4.78 is 0. The van der Waals surface area contributed by atoms with Crippen LogP contribution in [-0.2, 0) is 4.79 Å². The molecule has 0 atom stereocenters. The molecule has 3 N–H and O–H groups in total. The van der Waals surface area contributed by atoms with Crippen molar-refractivity contribution >= 4 is 33.7 Å². The Morgan fingerprint density at radius 1 is 1.19 bits per heavy atom. The Morgan fingerprint density at radius 3 is 2.85 bits per heavy atom. The summed E-state index contributed by atoms with van der Waals surface area (Å²) in [6, 6.07) is 9.89. The molecule has 0 bridgehead atoms. The van der Waals surface area contributed by atoms with Gasteiger partial charge in [0.25, 0.3) is 0 Å². The number of aromatic nitrogens is 4. The molecule has 3 aromatic heterocycles. The highest BCUT2D eigenvalue weighted by Crippen LogP contribution is 2.31. The summed E-state index contributed by atoms with van der Waals surface area (Å²) in [7, 11) is 0. The number of hydrogen-bond donors (Lipinski definition) is 3. The molecule has 27 heavy (non-hydrogen) atoms. The molecule has 0 aliphatic carbocycles. The number of benzene rings is 1. The van der Waals surface area contributed by atoms with Crippen LogP contribution in [0.1, 0.15) is 13.8 Å². The summed E-state index contributed by atoms with van der Waals surface area (Å²) in [5, 5.41) is 14.4. The molecule has 0 radical (unpaired) electrons. The Balaban J connectivity index is 1.76. The van der Waals surface area contributed by atoms with Crippen LogP contribution in [-0.4, -0.2) is 37.6 Å². The number of aliphatic carboxylic acids is 1. The standard InChI is InChI=1S/C20H19N5O2/c1-20(2,19(26)27)10-23-18-14-8-12(5-6-16(14)24-11-25-18)15-9-22-17-13(15)4-3-7-21-17/h3-9,11H,10H2,1-2H3,(H,21,22)(H,26,27)(H,23,24,25). The van der Waals surface area contributed by atoms with Crippen LogP contribution in [0.3, 0.4) is 0 Å². The first kappa shape index (κ1) is 17.0. The van der Waals surface area contributed by atoms with E-state index >= 15 is 0 Å². The van der Waals surface area contributed by atoms with E-state index in [-0.39, 0.29) is 6.54 Å². The molecule has 7 nitrogen and oxygen atoms in total. The molecule has 0 spiro atoms. The monoisotopic (exact) mass is 361 g/mol. The lowest BCUT2D eigenvalue weighted by Gasteiger charge is -2.20. The quantitative estimate of drug-likeness (QED) is 0.501. The van der Waals surface area contributed by atoms with Crippen molar-refractivity contribution in [2.75, 3.05) is 11.9 Å². The van der Waals surface area contributed by atoms with Gasteiger partial charge in [-0.15, -0.1) is 0 Å². The predicted octanol–water partition coefficient (Wildman–Crippen LogP) is 3.70. The molecule has 0 saturated heterocycles. The minimum Gasteiger partial charge on any atom is -0.481 e. The fourth-order valence-electron chi connectivity index (χ4n) is 2.94. The third-order valence-corrected chi connectivity index (χ3v) is 4.67. The summed E-state index contributed by atoms with van der Waals surface area (Å²) in [5.41, 5.74) is 2.77. The number of nitrogens with zero attached hydrogens (tertiary/aromatic N) is 3. The Hall–Kier alpha value is -3.48. The van der Waals surface area contributed by atoms with Crippen LogP contribution in [0.5, 0.6) is 0 Å². The molecule has 136 valence electrons. The molecule has 0 aliphatic heterocycles. The zero-order valence-electron chi connectivity index (χ0n) is 15.0. The molecular formula is C20H19N5O2. The predicted molar refractivity (Wildman–Crippen MR) is 105 cm³/mol. The first-order valence-corrected chi connectivity index (χ1v) is 8.60. The first-order chi connectivity index (χ1) is 13.0. The van der Waals surface area contributed by atoms with E-state index in [1.165, 1.54) is 6.33 Å². The SMILES string of the molecule is CC(C)(CNc1ncnc2ccc(-c3c[nH]c4ncccc34)cc12)C(=O)O. The van der Waals surface area contributed by atoms with E-state index in [0.29, 0.717) is 5.82 Å². The van der Waals surface area contributed by atoms with Gasteiger partial charge in [-0.3, -0.25) is 4.79 Å². The lowest BCUT2D eigenvalue weighted by atomic mass is 9.94. The molecule has 0 fully saturated rings. The smallest absolute Gasteiger partial charge is 0.310 e. The minimum atomic E-state index is -0.905. The number of carbonyl (C=O) groups is 1. The maximum atomic E-state index is 11.4. The van der Waals surface area contributed by atoms with Gasteiger partial charge in [0.05, 0.1) is 10.9 Å². The Morgan fingerprint density at radius 2 is 2.04 bits per heavy atom. The van der Waals surface area contributed by atoms with Crippen LogP contribution in [0.15, 0.2) is 49.1 Å². The number of fused-ring (bicyclic) bond motifs is 2. The van der Waals surface area contributed by atoms with Crippen molar-refractivity contribution in [3.63, 3.8) is 0 Å². The Kier molecular flexibility index (Phi) is 3.99. The first-order valence-electron chi connectivity index (χ1n) is 8.60. The number of H-pyrrole nitrogens is 1. The third kappa shape index (κ3) is 3.08. The topological polar surface area (TPSA) is 104 Å². The molecule has 1 aromatic carbocycles. The van der Waals surface area contributed by atoms with E-state index < -0.39 is 11.4 Å². The molecule has 0 amide bonds. The third-order valence-electron chi connectivity index (χ3n) is 4.67. The second-order valence-electron chi connectivity index (χ2n) is 7.10. The fraction of sp³-hybridized carbons (Fsp3) is 0.200. The average molecular weight is 361 g/mol. The highest BCUT2D eigenvalue weighted by molar-refractivity contribution is 5.98. The summed E-state index contributed by atoms with van der Waals surface area (Å²) in [6.45, 7) is 3.61. The van der Waals surface area contributed by atoms with Crippen molar-refractivity contribution in [3.05, 3.63) is 49.1 Å². The number of carboxylic acid groups (broad SMARTS) is 1. The van der Waals surface area contributed by atoms with Crippen molar-refractivity contribution in [2.45, 2.75) is 13.8 Å². The second-order valence-corrected chi connectivity index (χ2v) is 7.10. The van der Waals surface area contributed by atoms with Gasteiger partial charge in [0, 0.05) is 35.3 Å². The number of hydrogen-bond acceptors (Lipinski definition) is 5. The number of carboxylic acids is 1. The number of rotatable bonds is 5. The van der Waals surface area contributed by atoms with Gasteiger partial charge in [-0.1, -0.05) is 6.07 Å². The largest absolute Gasteiger partial charge is 0.481 e. The van der Waals surface area contributed by atoms with Gasteiger partial charge in [-0.05, 0) is 43.7 Å². The lowest BCUT2D eigenvalue weighted by Crippen LogP contribution is -2.32. The maximum Gasteiger partial charge on any atom is 0.310 e. The lowest BCUT2D eigenvalue weighted by molar-refractivity contribution is -0.146. The second kappa shape index (κ2) is 6.35. The van der Waals surface area contributed by atoms with Gasteiger partial charge in [0.1, 0.15) is 17.8 Å². The molecular weight excluding hydrogens is 342 g/mol. The number of nitrogens with one attached hydrogen (secondary N) is 2. The maximum absolute atomic E-state index is 11.4. The van der Waals surface area contributed by atoms with Gasteiger partial charge in [0.15, 0.2) is 0 Å². The van der Waals surface area contributed by atoms with Crippen molar-refractivity contribution in [1.82, 2.24) is 19.9 Å². The number of anilines is 1. The average Bonchev–Trinajstić information content (AvgIpc) is 3.10. The van der Waals surface area contributed by atoms with Crippen LogP contribution in [0.4, 0.5) is 5.82 Å². The molecule has 4 aromatic rings. The van der Waals surface area contributed by atoms with Crippen LogP contribution >= 0.6 is 0 Å². The van der Waals surface area contributed by atoms with E-state index in [2.05, 4.69) is 25.3 Å². The molecule has 0 aliphatic rings. The zero-order valence-corrected chi connectivity index (χ0v) is 15.0. The summed E-state index contributed by atoms with van der Waals surface area (Å²) in [4.78, 5) is 27.5. The van der Waals surface area contributed by atoms with Gasteiger partial charge < -0.3 is 15.4 Å². The molecule has 7 heteroatoms. The summed E-state index contributed by atoms with van der Waals surface area (Å²) in [6.07, 6.45) is 5.17. The molecule has 0 unspecified atom stereocenters. The van der Waals surface area contributed by atoms with Crippen molar-refractivity contribution in [2.24, 2.45) is 5.41 Å². The van der Waals surface area contributed by atoms with E-state index in [0.717, 1.165) is 33.1 Å².